The van der Waals surface area contributed by atoms with Crippen LogP contribution >= 0.6 is 0 Å². The number of amides is 3. The number of carbonyl (C=O) groups excluding carboxylic acids is 2. The molecule has 3 amide bonds. The van der Waals surface area contributed by atoms with E-state index in [0.717, 1.165) is 25.7 Å². The summed E-state index contributed by atoms with van der Waals surface area (Å²) in [4.78, 5) is 32.6. The van der Waals surface area contributed by atoms with Gasteiger partial charge in [-0.1, -0.05) is 13.0 Å². The van der Waals surface area contributed by atoms with Crippen molar-refractivity contribution in [1.82, 2.24) is 20.1 Å². The second kappa shape index (κ2) is 13.2. The molecule has 0 unspecified atom stereocenters. The van der Waals surface area contributed by atoms with Crippen molar-refractivity contribution in [2.24, 2.45) is 0 Å². The molecule has 1 aliphatic heterocycles. The summed E-state index contributed by atoms with van der Waals surface area (Å²) in [5.41, 5.74) is -0.822. The number of benzene rings is 2. The number of anilines is 2. The molecule has 0 bridgehead atoms. The molecule has 0 saturated carbocycles. The predicted octanol–water partition coefficient (Wildman–Crippen LogP) is 5.48. The number of alkyl halides is 3. The van der Waals surface area contributed by atoms with Crippen LogP contribution in [0.1, 0.15) is 34.1 Å². The molecular weight excluding hydrogens is 556 g/mol. The number of nitrogens with one attached hydrogen (secondary N) is 3. The topological polar surface area (TPSA) is 98.8 Å². The first kappa shape index (κ1) is 30.7. The first-order valence-electron chi connectivity index (χ1n) is 13.4. The van der Waals surface area contributed by atoms with Crippen LogP contribution in [0.4, 0.5) is 33.7 Å². The van der Waals surface area contributed by atoms with Crippen molar-refractivity contribution >= 4 is 23.3 Å². The van der Waals surface area contributed by atoms with E-state index in [2.05, 4.69) is 25.8 Å². The van der Waals surface area contributed by atoms with E-state index < -0.39 is 29.5 Å². The molecule has 13 heteroatoms. The number of likely N-dealkylation sites (N-methyl/N-ethyl adjacent to an activating group) is 1. The largest absolute Gasteiger partial charge is 0.457 e. The van der Waals surface area contributed by atoms with Gasteiger partial charge in [0.2, 0.25) is 0 Å². The summed E-state index contributed by atoms with van der Waals surface area (Å²) < 4.78 is 62.6. The maximum absolute atomic E-state index is 15.1. The molecule has 4 rings (SSSR count). The van der Waals surface area contributed by atoms with Gasteiger partial charge in [-0.25, -0.2) is 9.18 Å². The van der Waals surface area contributed by atoms with Crippen molar-refractivity contribution in [3.8, 4) is 11.5 Å². The highest BCUT2D eigenvalue weighted by Gasteiger charge is 2.34. The van der Waals surface area contributed by atoms with E-state index in [9.17, 15) is 22.8 Å². The third-order valence-electron chi connectivity index (χ3n) is 6.98. The van der Waals surface area contributed by atoms with Crippen molar-refractivity contribution in [3.63, 3.8) is 0 Å². The molecule has 1 saturated heterocycles. The highest BCUT2D eigenvalue weighted by Crippen LogP contribution is 2.35. The van der Waals surface area contributed by atoms with Crippen molar-refractivity contribution in [1.29, 1.82) is 0 Å². The molecule has 2 aromatic carbocycles. The molecule has 1 aromatic heterocycles. The Hall–Kier alpha value is -4.23. The van der Waals surface area contributed by atoms with Crippen LogP contribution in [-0.4, -0.2) is 66.5 Å². The van der Waals surface area contributed by atoms with Gasteiger partial charge in [0.15, 0.2) is 5.82 Å². The number of pyridine rings is 1. The van der Waals surface area contributed by atoms with Crippen LogP contribution < -0.4 is 20.7 Å². The van der Waals surface area contributed by atoms with Gasteiger partial charge >= 0.3 is 12.2 Å². The maximum atomic E-state index is 15.1. The summed E-state index contributed by atoms with van der Waals surface area (Å²) in [5, 5.41) is 7.14. The molecule has 2 heterocycles. The van der Waals surface area contributed by atoms with Gasteiger partial charge in [-0.05, 0) is 49.4 Å². The quantitative estimate of drug-likeness (QED) is 0.302. The molecule has 1 fully saturated rings. The van der Waals surface area contributed by atoms with E-state index in [0.29, 0.717) is 13.1 Å². The first-order valence-corrected chi connectivity index (χ1v) is 13.4. The Morgan fingerprint density at radius 3 is 2.38 bits per heavy atom. The molecule has 1 aliphatic rings. The molecule has 3 N–H and O–H groups in total. The van der Waals surface area contributed by atoms with E-state index in [-0.39, 0.29) is 46.2 Å². The standard InChI is InChI=1S/C29H32F4N6O3/c1-4-38-11-13-39(14-12-38)17-19-5-6-20(15-22(19)29(31,32)33)36-28(41)37-23-7-8-25(18(2)26(23)30)42-21-9-10-35-24(16-21)27(40)34-3/h5-10,15-16H,4,11-14,17H2,1-3H3,(H,34,40)(H2,36,37,41). The average molecular weight is 589 g/mol. The smallest absolute Gasteiger partial charge is 0.416 e. The van der Waals surface area contributed by atoms with Gasteiger partial charge in [0.05, 0.1) is 11.3 Å². The molecule has 0 atom stereocenters. The summed E-state index contributed by atoms with van der Waals surface area (Å²) in [7, 11) is 1.46. The van der Waals surface area contributed by atoms with Crippen molar-refractivity contribution < 1.29 is 31.9 Å². The highest BCUT2D eigenvalue weighted by molar-refractivity contribution is 6.00. The Morgan fingerprint density at radius 2 is 1.71 bits per heavy atom. The molecule has 0 aliphatic carbocycles. The highest BCUT2D eigenvalue weighted by atomic mass is 19.4. The molecular formula is C29H32F4N6O3. The summed E-state index contributed by atoms with van der Waals surface area (Å²) in [5.74, 6) is -0.833. The Bertz CT molecular complexity index is 1440. The van der Waals surface area contributed by atoms with Crippen LogP contribution in [0.5, 0.6) is 11.5 Å². The summed E-state index contributed by atoms with van der Waals surface area (Å²) >= 11 is 0. The van der Waals surface area contributed by atoms with Crippen LogP contribution in [0.3, 0.4) is 0 Å². The van der Waals surface area contributed by atoms with E-state index in [1.165, 1.54) is 56.6 Å². The minimum Gasteiger partial charge on any atom is -0.457 e. The average Bonchev–Trinajstić information content (AvgIpc) is 2.97. The zero-order chi connectivity index (χ0) is 30.4. The predicted molar refractivity (Wildman–Crippen MR) is 150 cm³/mol. The van der Waals surface area contributed by atoms with E-state index in [1.807, 2.05) is 11.8 Å². The Kier molecular flexibility index (Phi) is 9.63. The molecule has 3 aromatic rings. The lowest BCUT2D eigenvalue weighted by molar-refractivity contribution is -0.138. The van der Waals surface area contributed by atoms with Crippen LogP contribution in [-0.2, 0) is 12.7 Å². The number of piperazine rings is 1. The second-order valence-corrected chi connectivity index (χ2v) is 9.77. The molecule has 0 spiro atoms. The number of ether oxygens (including phenoxy) is 1. The Balaban J connectivity index is 1.44. The van der Waals surface area contributed by atoms with Crippen LogP contribution in [0.25, 0.3) is 0 Å². The Labute approximate surface area is 240 Å². The third-order valence-corrected chi connectivity index (χ3v) is 6.98. The van der Waals surface area contributed by atoms with Gasteiger partial charge in [0.25, 0.3) is 5.91 Å². The monoisotopic (exact) mass is 588 g/mol. The minimum absolute atomic E-state index is 0.0644. The molecule has 0 radical (unpaired) electrons. The van der Waals surface area contributed by atoms with Crippen LogP contribution in [0.15, 0.2) is 48.7 Å². The molecule has 9 nitrogen and oxygen atoms in total. The molecule has 42 heavy (non-hydrogen) atoms. The zero-order valence-electron chi connectivity index (χ0n) is 23.4. The Morgan fingerprint density at radius 1 is 1.00 bits per heavy atom. The number of hydrogen-bond acceptors (Lipinski definition) is 6. The van der Waals surface area contributed by atoms with Gasteiger partial charge in [-0.15, -0.1) is 0 Å². The number of nitrogens with zero attached hydrogens (tertiary/aromatic N) is 3. The normalized spacial score (nSPS) is 14.4. The van der Waals surface area contributed by atoms with Crippen LogP contribution in [0.2, 0.25) is 0 Å². The van der Waals surface area contributed by atoms with Gasteiger partial charge in [0.1, 0.15) is 17.2 Å². The molecule has 224 valence electrons. The number of aromatic nitrogens is 1. The number of hydrogen-bond donors (Lipinski definition) is 3. The lowest BCUT2D eigenvalue weighted by Crippen LogP contribution is -2.45. The zero-order valence-corrected chi connectivity index (χ0v) is 23.4. The lowest BCUT2D eigenvalue weighted by Gasteiger charge is -2.34. The fourth-order valence-electron chi connectivity index (χ4n) is 4.57. The van der Waals surface area contributed by atoms with Crippen molar-refractivity contribution in [3.05, 3.63) is 76.9 Å². The number of halogens is 4. The van der Waals surface area contributed by atoms with Crippen LogP contribution in [0, 0.1) is 12.7 Å². The fraction of sp³-hybridized carbons (Fsp3) is 0.345. The van der Waals surface area contributed by atoms with Crippen molar-refractivity contribution in [2.45, 2.75) is 26.6 Å². The van der Waals surface area contributed by atoms with E-state index in [1.54, 1.807) is 0 Å². The number of carbonyl (C=O) groups is 2. The van der Waals surface area contributed by atoms with Crippen molar-refractivity contribution in [2.75, 3.05) is 50.4 Å². The summed E-state index contributed by atoms with van der Waals surface area (Å²) in [6, 6.07) is 8.30. The maximum Gasteiger partial charge on any atom is 0.416 e. The van der Waals surface area contributed by atoms with Gasteiger partial charge in [0, 0.05) is 63.3 Å². The van der Waals surface area contributed by atoms with Gasteiger partial charge < -0.3 is 25.6 Å². The van der Waals surface area contributed by atoms with Gasteiger partial charge in [-0.3, -0.25) is 14.7 Å². The number of urea groups is 1. The fourth-order valence-corrected chi connectivity index (χ4v) is 4.57. The third kappa shape index (κ3) is 7.53. The number of rotatable bonds is 8. The van der Waals surface area contributed by atoms with E-state index in [4.69, 9.17) is 4.74 Å². The SMILES string of the molecule is CCN1CCN(Cc2ccc(NC(=O)Nc3ccc(Oc4ccnc(C(=O)NC)c4)c(C)c3F)cc2C(F)(F)F)CC1. The summed E-state index contributed by atoms with van der Waals surface area (Å²) in [6.07, 6.45) is -3.25. The van der Waals surface area contributed by atoms with Gasteiger partial charge in [-0.2, -0.15) is 13.2 Å². The lowest BCUT2D eigenvalue weighted by atomic mass is 10.0. The first-order chi connectivity index (χ1) is 20.0. The van der Waals surface area contributed by atoms with E-state index >= 15 is 4.39 Å². The summed E-state index contributed by atoms with van der Waals surface area (Å²) in [6.45, 7) is 7.46. The minimum atomic E-state index is -4.62. The second-order valence-electron chi connectivity index (χ2n) is 9.77.